The molecular formula is C15H25N2P. The first kappa shape index (κ1) is 15.2. The van der Waals surface area contributed by atoms with Gasteiger partial charge < -0.3 is 4.67 Å². The van der Waals surface area contributed by atoms with Crippen LogP contribution in [0.4, 0.5) is 0 Å². The maximum absolute atomic E-state index is 4.50. The van der Waals surface area contributed by atoms with Crippen LogP contribution in [0.5, 0.6) is 0 Å². The molecule has 0 bridgehead atoms. The fourth-order valence-corrected chi connectivity index (χ4v) is 5.45. The lowest BCUT2D eigenvalue weighted by Gasteiger charge is -2.36. The summed E-state index contributed by atoms with van der Waals surface area (Å²) in [7, 11) is 3.86. The Kier molecular flexibility index (Phi) is 5.81. The van der Waals surface area contributed by atoms with Crippen LogP contribution in [0.25, 0.3) is 0 Å². The highest BCUT2D eigenvalue weighted by molar-refractivity contribution is 7.57. The molecule has 2 nitrogen and oxygen atoms in total. The number of benzene rings is 1. The highest BCUT2D eigenvalue weighted by Crippen LogP contribution is 2.49. The molecular weight excluding hydrogens is 239 g/mol. The largest absolute Gasteiger partial charge is 0.338 e. The molecule has 0 aliphatic heterocycles. The minimum Gasteiger partial charge on any atom is -0.338 e. The Morgan fingerprint density at radius 2 is 1.56 bits per heavy atom. The summed E-state index contributed by atoms with van der Waals surface area (Å²) in [6, 6.07) is 10.5. The third-order valence-corrected chi connectivity index (χ3v) is 5.95. The summed E-state index contributed by atoms with van der Waals surface area (Å²) < 4.78 is 2.39. The molecule has 1 aromatic carbocycles. The van der Waals surface area contributed by atoms with E-state index in [4.69, 9.17) is 0 Å². The van der Waals surface area contributed by atoms with Crippen LogP contribution in [0.3, 0.4) is 0 Å². The van der Waals surface area contributed by atoms with Crippen molar-refractivity contribution in [3.05, 3.63) is 35.9 Å². The summed E-state index contributed by atoms with van der Waals surface area (Å²) in [5.41, 5.74) is 2.55. The fraction of sp³-hybridized carbons (Fsp3) is 0.533. The van der Waals surface area contributed by atoms with Crippen molar-refractivity contribution >= 4 is 13.9 Å². The molecule has 0 N–H and O–H groups in total. The van der Waals surface area contributed by atoms with Gasteiger partial charge in [-0.2, -0.15) is 0 Å². The maximum Gasteiger partial charge on any atom is 0.133 e. The van der Waals surface area contributed by atoms with Gasteiger partial charge in [0.1, 0.15) is 5.84 Å². The minimum atomic E-state index is -0.206. The number of amidine groups is 1. The second-order valence-corrected chi connectivity index (χ2v) is 8.43. The van der Waals surface area contributed by atoms with E-state index in [2.05, 4.69) is 68.7 Å². The Bertz CT molecular complexity index is 377. The van der Waals surface area contributed by atoms with E-state index in [1.165, 1.54) is 5.56 Å². The molecule has 0 saturated heterocycles. The average molecular weight is 264 g/mol. The zero-order valence-electron chi connectivity index (χ0n) is 12.4. The van der Waals surface area contributed by atoms with Crippen LogP contribution in [-0.2, 0) is 0 Å². The van der Waals surface area contributed by atoms with E-state index in [1.54, 1.807) is 0 Å². The predicted octanol–water partition coefficient (Wildman–Crippen LogP) is 4.21. The van der Waals surface area contributed by atoms with Crippen LogP contribution in [0.1, 0.15) is 33.3 Å². The van der Waals surface area contributed by atoms with Gasteiger partial charge in [-0.1, -0.05) is 58.0 Å². The summed E-state index contributed by atoms with van der Waals surface area (Å²) in [5, 5.41) is 0. The number of hydrogen-bond acceptors (Lipinski definition) is 1. The average Bonchev–Trinajstić information content (AvgIpc) is 2.30. The first-order valence-electron chi connectivity index (χ1n) is 6.53. The van der Waals surface area contributed by atoms with Crippen LogP contribution in [0, 0.1) is 0 Å². The van der Waals surface area contributed by atoms with Gasteiger partial charge in [-0.25, -0.2) is 0 Å². The predicted molar refractivity (Wildman–Crippen MR) is 83.9 cm³/mol. The van der Waals surface area contributed by atoms with E-state index in [0.29, 0.717) is 11.3 Å². The van der Waals surface area contributed by atoms with Crippen molar-refractivity contribution in [3.63, 3.8) is 0 Å². The topological polar surface area (TPSA) is 15.6 Å². The second-order valence-electron chi connectivity index (χ2n) is 5.00. The van der Waals surface area contributed by atoms with E-state index in [-0.39, 0.29) is 8.07 Å². The van der Waals surface area contributed by atoms with Crippen molar-refractivity contribution in [1.82, 2.24) is 4.67 Å². The van der Waals surface area contributed by atoms with Gasteiger partial charge >= 0.3 is 0 Å². The van der Waals surface area contributed by atoms with Crippen LogP contribution in [0.15, 0.2) is 35.3 Å². The van der Waals surface area contributed by atoms with Crippen LogP contribution in [0.2, 0.25) is 0 Å². The summed E-state index contributed by atoms with van der Waals surface area (Å²) in [6.45, 7) is 9.22. The monoisotopic (exact) mass is 264 g/mol. The van der Waals surface area contributed by atoms with E-state index in [1.807, 2.05) is 13.1 Å². The van der Waals surface area contributed by atoms with E-state index >= 15 is 0 Å². The fourth-order valence-electron chi connectivity index (χ4n) is 2.45. The molecule has 1 rings (SSSR count). The maximum atomic E-state index is 4.50. The van der Waals surface area contributed by atoms with Crippen molar-refractivity contribution in [3.8, 4) is 0 Å². The van der Waals surface area contributed by atoms with Crippen molar-refractivity contribution in [1.29, 1.82) is 0 Å². The molecule has 0 fully saturated rings. The summed E-state index contributed by atoms with van der Waals surface area (Å²) >= 11 is 0. The molecule has 3 heteroatoms. The Morgan fingerprint density at radius 1 is 1.06 bits per heavy atom. The van der Waals surface area contributed by atoms with Crippen LogP contribution >= 0.6 is 8.07 Å². The minimum absolute atomic E-state index is 0.206. The van der Waals surface area contributed by atoms with Crippen molar-refractivity contribution in [2.24, 2.45) is 4.99 Å². The lowest BCUT2D eigenvalue weighted by molar-refractivity contribution is 0.767. The standard InChI is InChI=1S/C15H25N2P/c1-12(2)18(13(3)4)17(6)15(16-5)14-10-8-7-9-11-14/h7-13H,1-6H3. The normalized spacial score (nSPS) is 12.6. The summed E-state index contributed by atoms with van der Waals surface area (Å²) in [4.78, 5) is 4.50. The quantitative estimate of drug-likeness (QED) is 0.452. The molecule has 0 saturated carbocycles. The molecule has 0 aliphatic rings. The third kappa shape index (κ3) is 3.55. The molecule has 0 radical (unpaired) electrons. The first-order chi connectivity index (χ1) is 8.49. The molecule has 0 unspecified atom stereocenters. The van der Waals surface area contributed by atoms with Gasteiger partial charge in [0, 0.05) is 19.7 Å². The number of nitrogens with zero attached hydrogens (tertiary/aromatic N) is 2. The van der Waals surface area contributed by atoms with Gasteiger partial charge in [-0.15, -0.1) is 0 Å². The molecule has 1 aromatic rings. The van der Waals surface area contributed by atoms with Crippen LogP contribution in [-0.4, -0.2) is 35.9 Å². The van der Waals surface area contributed by atoms with Gasteiger partial charge in [0.05, 0.1) is 0 Å². The Labute approximate surface area is 113 Å². The number of aliphatic imine (C=N–C) groups is 1. The summed E-state index contributed by atoms with van der Waals surface area (Å²) in [6.07, 6.45) is 0. The van der Waals surface area contributed by atoms with Gasteiger partial charge in [0.2, 0.25) is 0 Å². The number of hydrogen-bond donors (Lipinski definition) is 0. The second kappa shape index (κ2) is 6.89. The summed E-state index contributed by atoms with van der Waals surface area (Å²) in [5.74, 6) is 1.10. The van der Waals surface area contributed by atoms with E-state index in [9.17, 15) is 0 Å². The zero-order valence-corrected chi connectivity index (χ0v) is 13.3. The van der Waals surface area contributed by atoms with Gasteiger partial charge in [0.25, 0.3) is 0 Å². The van der Waals surface area contributed by atoms with Crippen molar-refractivity contribution < 1.29 is 0 Å². The Balaban J connectivity index is 3.03. The van der Waals surface area contributed by atoms with Gasteiger partial charge in [-0.05, 0) is 19.4 Å². The molecule has 0 aliphatic carbocycles. The lowest BCUT2D eigenvalue weighted by Crippen LogP contribution is -2.28. The van der Waals surface area contributed by atoms with Gasteiger partial charge in [-0.3, -0.25) is 4.99 Å². The van der Waals surface area contributed by atoms with Gasteiger partial charge in [0.15, 0.2) is 0 Å². The molecule has 0 amide bonds. The Hall–Kier alpha value is -0.880. The Morgan fingerprint density at radius 3 is 1.94 bits per heavy atom. The zero-order chi connectivity index (χ0) is 13.7. The highest BCUT2D eigenvalue weighted by Gasteiger charge is 2.24. The molecule has 18 heavy (non-hydrogen) atoms. The molecule has 100 valence electrons. The molecule has 0 atom stereocenters. The molecule has 0 heterocycles. The highest BCUT2D eigenvalue weighted by atomic mass is 31.1. The SMILES string of the molecule is CN=C(c1ccccc1)N(C)P(C(C)C)C(C)C. The third-order valence-electron chi connectivity index (χ3n) is 2.95. The number of rotatable bonds is 4. The first-order valence-corrected chi connectivity index (χ1v) is 7.96. The van der Waals surface area contributed by atoms with Crippen molar-refractivity contribution in [2.45, 2.75) is 39.0 Å². The van der Waals surface area contributed by atoms with Crippen LogP contribution < -0.4 is 0 Å². The van der Waals surface area contributed by atoms with Crippen molar-refractivity contribution in [2.75, 3.05) is 14.1 Å². The lowest BCUT2D eigenvalue weighted by atomic mass is 10.2. The molecule has 0 aromatic heterocycles. The smallest absolute Gasteiger partial charge is 0.133 e. The van der Waals surface area contributed by atoms with E-state index in [0.717, 1.165) is 5.84 Å². The van der Waals surface area contributed by atoms with E-state index < -0.39 is 0 Å². The molecule has 0 spiro atoms.